The van der Waals surface area contributed by atoms with E-state index in [0.29, 0.717) is 29.7 Å². The van der Waals surface area contributed by atoms with Crippen LogP contribution in [0.4, 0.5) is 5.82 Å². The van der Waals surface area contributed by atoms with Gasteiger partial charge in [-0.15, -0.1) is 11.3 Å². The molecule has 0 unspecified atom stereocenters. The van der Waals surface area contributed by atoms with Gasteiger partial charge < -0.3 is 14.8 Å². The first-order valence-corrected chi connectivity index (χ1v) is 8.59. The zero-order chi connectivity index (χ0) is 17.8. The van der Waals surface area contributed by atoms with E-state index in [9.17, 15) is 4.79 Å². The van der Waals surface area contributed by atoms with Crippen LogP contribution in [-0.4, -0.2) is 34.6 Å². The SMILES string of the molecule is CCOC(=O)c1sc2ncnc(NCc3ccc(OC)nc3)c2c1C. The number of hydrogen-bond acceptors (Lipinski definition) is 8. The summed E-state index contributed by atoms with van der Waals surface area (Å²) >= 11 is 1.32. The molecule has 0 aliphatic heterocycles. The molecule has 0 aliphatic carbocycles. The molecule has 3 rings (SSSR count). The maximum Gasteiger partial charge on any atom is 0.348 e. The molecule has 0 saturated carbocycles. The Labute approximate surface area is 149 Å². The maximum absolute atomic E-state index is 12.1. The van der Waals surface area contributed by atoms with Crippen LogP contribution in [0.3, 0.4) is 0 Å². The highest BCUT2D eigenvalue weighted by Crippen LogP contribution is 2.33. The molecule has 7 nitrogen and oxygen atoms in total. The highest BCUT2D eigenvalue weighted by atomic mass is 32.1. The number of anilines is 1. The van der Waals surface area contributed by atoms with Crippen LogP contribution in [0.1, 0.15) is 27.7 Å². The lowest BCUT2D eigenvalue weighted by molar-refractivity contribution is 0.0531. The Bertz CT molecular complexity index is 893. The van der Waals surface area contributed by atoms with Gasteiger partial charge in [0.05, 0.1) is 19.1 Å². The van der Waals surface area contributed by atoms with Gasteiger partial charge in [0.2, 0.25) is 5.88 Å². The topological polar surface area (TPSA) is 86.2 Å². The van der Waals surface area contributed by atoms with Gasteiger partial charge in [0.25, 0.3) is 0 Å². The molecule has 0 radical (unpaired) electrons. The van der Waals surface area contributed by atoms with Gasteiger partial charge in [-0.1, -0.05) is 6.07 Å². The molecule has 0 saturated heterocycles. The number of ether oxygens (including phenoxy) is 2. The standard InChI is InChI=1S/C17H18N4O3S/c1-4-24-17(22)14-10(2)13-15(20-9-21-16(13)25-14)19-8-11-5-6-12(23-3)18-7-11/h5-7,9H,4,8H2,1-3H3,(H,19,20,21). The number of aryl methyl sites for hydroxylation is 1. The van der Waals surface area contributed by atoms with Crippen molar-refractivity contribution in [1.82, 2.24) is 15.0 Å². The predicted octanol–water partition coefficient (Wildman–Crippen LogP) is 3.19. The number of pyridine rings is 1. The lowest BCUT2D eigenvalue weighted by Gasteiger charge is -2.08. The highest BCUT2D eigenvalue weighted by molar-refractivity contribution is 7.20. The second kappa shape index (κ2) is 7.43. The van der Waals surface area contributed by atoms with Gasteiger partial charge in [-0.3, -0.25) is 0 Å². The zero-order valence-electron chi connectivity index (χ0n) is 14.2. The highest BCUT2D eigenvalue weighted by Gasteiger charge is 2.20. The first kappa shape index (κ1) is 17.1. The van der Waals surface area contributed by atoms with Gasteiger partial charge in [0.1, 0.15) is 21.9 Å². The number of aromatic nitrogens is 3. The van der Waals surface area contributed by atoms with E-state index in [1.807, 2.05) is 13.0 Å². The molecule has 0 amide bonds. The van der Waals surface area contributed by atoms with Crippen molar-refractivity contribution in [3.8, 4) is 5.88 Å². The van der Waals surface area contributed by atoms with Gasteiger partial charge in [-0.05, 0) is 25.0 Å². The Morgan fingerprint density at radius 1 is 1.28 bits per heavy atom. The number of esters is 1. The summed E-state index contributed by atoms with van der Waals surface area (Å²) < 4.78 is 10.2. The van der Waals surface area contributed by atoms with Crippen LogP contribution in [0, 0.1) is 6.92 Å². The molecule has 25 heavy (non-hydrogen) atoms. The van der Waals surface area contributed by atoms with Gasteiger partial charge in [0.15, 0.2) is 0 Å². The van der Waals surface area contributed by atoms with Crippen LogP contribution in [0.2, 0.25) is 0 Å². The fraction of sp³-hybridized carbons (Fsp3) is 0.294. The summed E-state index contributed by atoms with van der Waals surface area (Å²) in [5, 5.41) is 4.13. The van der Waals surface area contributed by atoms with Gasteiger partial charge in [-0.2, -0.15) is 0 Å². The third-order valence-electron chi connectivity index (χ3n) is 3.65. The molecule has 3 aromatic heterocycles. The van der Waals surface area contributed by atoms with Crippen LogP contribution in [0.15, 0.2) is 24.7 Å². The largest absolute Gasteiger partial charge is 0.481 e. The molecule has 0 aliphatic rings. The minimum absolute atomic E-state index is 0.326. The smallest absolute Gasteiger partial charge is 0.348 e. The van der Waals surface area contributed by atoms with Crippen molar-refractivity contribution in [1.29, 1.82) is 0 Å². The molecule has 8 heteroatoms. The summed E-state index contributed by atoms with van der Waals surface area (Å²) in [6.07, 6.45) is 3.23. The fourth-order valence-corrected chi connectivity index (χ4v) is 3.46. The van der Waals surface area contributed by atoms with Gasteiger partial charge in [-0.25, -0.2) is 19.7 Å². The minimum atomic E-state index is -0.326. The van der Waals surface area contributed by atoms with E-state index < -0.39 is 0 Å². The number of methoxy groups -OCH3 is 1. The summed E-state index contributed by atoms with van der Waals surface area (Å²) in [6.45, 7) is 4.56. The van der Waals surface area contributed by atoms with Gasteiger partial charge in [0, 0.05) is 18.8 Å². The molecule has 0 atom stereocenters. The first-order valence-electron chi connectivity index (χ1n) is 7.78. The summed E-state index contributed by atoms with van der Waals surface area (Å²) in [7, 11) is 1.58. The van der Waals surface area contributed by atoms with Crippen LogP contribution < -0.4 is 10.1 Å². The minimum Gasteiger partial charge on any atom is -0.481 e. The van der Waals surface area contributed by atoms with Crippen LogP contribution in [0.25, 0.3) is 10.2 Å². The second-order valence-corrected chi connectivity index (χ2v) is 6.24. The van der Waals surface area contributed by atoms with Crippen LogP contribution in [0.5, 0.6) is 5.88 Å². The molecule has 0 aromatic carbocycles. The van der Waals surface area contributed by atoms with E-state index in [4.69, 9.17) is 9.47 Å². The monoisotopic (exact) mass is 358 g/mol. The number of thiophene rings is 1. The van der Waals surface area contributed by atoms with Crippen molar-refractivity contribution in [2.45, 2.75) is 20.4 Å². The van der Waals surface area contributed by atoms with E-state index in [1.165, 1.54) is 17.7 Å². The average Bonchev–Trinajstić information content (AvgIpc) is 2.98. The van der Waals surface area contributed by atoms with Crippen molar-refractivity contribution in [2.75, 3.05) is 19.0 Å². The van der Waals surface area contributed by atoms with Crippen LogP contribution >= 0.6 is 11.3 Å². The number of carbonyl (C=O) groups is 1. The van der Waals surface area contributed by atoms with E-state index >= 15 is 0 Å². The van der Waals surface area contributed by atoms with E-state index in [0.717, 1.165) is 21.3 Å². The molecule has 0 bridgehead atoms. The van der Waals surface area contributed by atoms with E-state index in [-0.39, 0.29) is 5.97 Å². The normalized spacial score (nSPS) is 10.7. The van der Waals surface area contributed by atoms with Crippen molar-refractivity contribution in [2.24, 2.45) is 0 Å². The molecule has 130 valence electrons. The number of carbonyl (C=O) groups excluding carboxylic acids is 1. The van der Waals surface area contributed by atoms with Crippen molar-refractivity contribution >= 4 is 33.3 Å². The third-order valence-corrected chi connectivity index (χ3v) is 4.83. The molecule has 0 fully saturated rings. The molecule has 3 heterocycles. The van der Waals surface area contributed by atoms with Crippen molar-refractivity contribution < 1.29 is 14.3 Å². The quantitative estimate of drug-likeness (QED) is 0.677. The molecule has 0 spiro atoms. The Morgan fingerprint density at radius 2 is 2.12 bits per heavy atom. The number of hydrogen-bond donors (Lipinski definition) is 1. The molecular weight excluding hydrogens is 340 g/mol. The number of nitrogens with zero attached hydrogens (tertiary/aromatic N) is 3. The lowest BCUT2D eigenvalue weighted by Crippen LogP contribution is -2.05. The number of fused-ring (bicyclic) bond motifs is 1. The van der Waals surface area contributed by atoms with Crippen LogP contribution in [-0.2, 0) is 11.3 Å². The second-order valence-electron chi connectivity index (χ2n) is 5.24. The third kappa shape index (κ3) is 3.53. The number of rotatable bonds is 6. The summed E-state index contributed by atoms with van der Waals surface area (Å²) in [4.78, 5) is 26.2. The Balaban J connectivity index is 1.87. The van der Waals surface area contributed by atoms with E-state index in [1.54, 1.807) is 26.3 Å². The zero-order valence-corrected chi connectivity index (χ0v) is 15.0. The first-order chi connectivity index (χ1) is 12.1. The van der Waals surface area contributed by atoms with E-state index in [2.05, 4.69) is 20.3 Å². The summed E-state index contributed by atoms with van der Waals surface area (Å²) in [5.41, 5.74) is 1.82. The van der Waals surface area contributed by atoms with Crippen molar-refractivity contribution in [3.05, 3.63) is 40.7 Å². The fourth-order valence-electron chi connectivity index (χ4n) is 2.42. The lowest BCUT2D eigenvalue weighted by atomic mass is 10.2. The summed E-state index contributed by atoms with van der Waals surface area (Å²) in [5.74, 6) is 0.930. The average molecular weight is 358 g/mol. The predicted molar refractivity (Wildman–Crippen MR) is 96.2 cm³/mol. The maximum atomic E-state index is 12.1. The summed E-state index contributed by atoms with van der Waals surface area (Å²) in [6, 6.07) is 3.74. The Kier molecular flexibility index (Phi) is 5.08. The Morgan fingerprint density at radius 3 is 2.80 bits per heavy atom. The molecule has 1 N–H and O–H groups in total. The number of nitrogens with one attached hydrogen (secondary N) is 1. The molecule has 3 aromatic rings. The Hall–Kier alpha value is -2.74. The van der Waals surface area contributed by atoms with Crippen molar-refractivity contribution in [3.63, 3.8) is 0 Å². The van der Waals surface area contributed by atoms with Gasteiger partial charge >= 0.3 is 5.97 Å². The molecular formula is C17H18N4O3S.